The predicted molar refractivity (Wildman–Crippen MR) is 74.8 cm³/mol. The number of ether oxygens (including phenoxy) is 2. The molecule has 20 heavy (non-hydrogen) atoms. The van der Waals surface area contributed by atoms with Crippen molar-refractivity contribution in [2.45, 2.75) is 25.7 Å². The van der Waals surface area contributed by atoms with Gasteiger partial charge in [0.25, 0.3) is 0 Å². The van der Waals surface area contributed by atoms with Crippen molar-refractivity contribution in [2.24, 2.45) is 0 Å². The molecule has 2 aromatic rings. The lowest BCUT2D eigenvalue weighted by atomic mass is 10.2. The molecule has 0 radical (unpaired) electrons. The molecule has 0 atom stereocenters. The van der Waals surface area contributed by atoms with Gasteiger partial charge in [0.05, 0.1) is 24.9 Å². The van der Waals surface area contributed by atoms with Gasteiger partial charge in [-0.3, -0.25) is 0 Å². The summed E-state index contributed by atoms with van der Waals surface area (Å²) in [7, 11) is 0. The first kappa shape index (κ1) is 13.1. The summed E-state index contributed by atoms with van der Waals surface area (Å²) < 4.78 is 13.0. The Morgan fingerprint density at radius 2 is 1.90 bits per heavy atom. The fourth-order valence-corrected chi connectivity index (χ4v) is 2.06. The van der Waals surface area contributed by atoms with Crippen molar-refractivity contribution in [1.82, 2.24) is 14.8 Å². The number of rotatable bonds is 3. The van der Waals surface area contributed by atoms with Crippen molar-refractivity contribution in [1.29, 1.82) is 0 Å². The molecule has 1 aliphatic rings. The van der Waals surface area contributed by atoms with Crippen molar-refractivity contribution >= 4 is 5.69 Å². The number of benzene rings is 1. The fourth-order valence-electron chi connectivity index (χ4n) is 2.06. The third-order valence-corrected chi connectivity index (χ3v) is 3.19. The van der Waals surface area contributed by atoms with Gasteiger partial charge in [-0.05, 0) is 38.1 Å². The Labute approximate surface area is 117 Å². The van der Waals surface area contributed by atoms with Crippen LogP contribution < -0.4 is 5.32 Å². The van der Waals surface area contributed by atoms with Gasteiger partial charge < -0.3 is 14.8 Å². The van der Waals surface area contributed by atoms with Crippen molar-refractivity contribution in [3.63, 3.8) is 0 Å². The normalized spacial score (nSPS) is 18.9. The van der Waals surface area contributed by atoms with Crippen LogP contribution in [0.2, 0.25) is 0 Å². The Bertz CT molecular complexity index is 541. The molecule has 0 spiro atoms. The number of aromatic nitrogens is 3. The first-order valence-corrected chi connectivity index (χ1v) is 6.62. The minimum atomic E-state index is -0.477. The average molecular weight is 274 g/mol. The summed E-state index contributed by atoms with van der Waals surface area (Å²) in [5, 5.41) is 7.49. The van der Waals surface area contributed by atoms with E-state index in [0.29, 0.717) is 13.2 Å². The average Bonchev–Trinajstić information content (AvgIpc) is 2.96. The van der Waals surface area contributed by atoms with Crippen molar-refractivity contribution in [2.75, 3.05) is 18.5 Å². The molecule has 3 rings (SSSR count). The summed E-state index contributed by atoms with van der Waals surface area (Å²) in [6.07, 6.45) is 3.19. The van der Waals surface area contributed by atoms with E-state index in [1.54, 1.807) is 11.0 Å². The maximum Gasteiger partial charge on any atom is 0.162 e. The maximum absolute atomic E-state index is 5.63. The van der Waals surface area contributed by atoms with Crippen LogP contribution in [-0.2, 0) is 9.47 Å². The number of nitrogens with one attached hydrogen (secondary N) is 1. The van der Waals surface area contributed by atoms with E-state index >= 15 is 0 Å². The second-order valence-electron chi connectivity index (χ2n) is 5.25. The number of hydrogen-bond donors (Lipinski definition) is 1. The Morgan fingerprint density at radius 3 is 2.50 bits per heavy atom. The highest BCUT2D eigenvalue weighted by Gasteiger charge is 2.28. The van der Waals surface area contributed by atoms with Crippen LogP contribution in [0.4, 0.5) is 5.69 Å². The molecule has 1 fully saturated rings. The second-order valence-corrected chi connectivity index (χ2v) is 5.25. The molecule has 0 bridgehead atoms. The van der Waals surface area contributed by atoms with Gasteiger partial charge in [0.1, 0.15) is 12.7 Å². The second kappa shape index (κ2) is 5.22. The summed E-state index contributed by atoms with van der Waals surface area (Å²) in [4.78, 5) is 3.93. The van der Waals surface area contributed by atoms with Crippen LogP contribution in [0.1, 0.15) is 13.8 Å². The highest BCUT2D eigenvalue weighted by molar-refractivity contribution is 5.49. The summed E-state index contributed by atoms with van der Waals surface area (Å²) in [5.41, 5.74) is 2.01. The molecule has 1 aromatic carbocycles. The van der Waals surface area contributed by atoms with Gasteiger partial charge >= 0.3 is 0 Å². The van der Waals surface area contributed by atoms with Crippen LogP contribution >= 0.6 is 0 Å². The summed E-state index contributed by atoms with van der Waals surface area (Å²) >= 11 is 0. The molecule has 0 aliphatic carbocycles. The number of anilines is 1. The van der Waals surface area contributed by atoms with Crippen LogP contribution in [0.5, 0.6) is 0 Å². The molecule has 1 aromatic heterocycles. The zero-order chi connectivity index (χ0) is 14.0. The molecule has 1 aliphatic heterocycles. The minimum Gasteiger partial charge on any atom is -0.378 e. The molecular formula is C14H18N4O2. The van der Waals surface area contributed by atoms with Gasteiger partial charge in [-0.15, -0.1) is 0 Å². The third kappa shape index (κ3) is 2.97. The van der Waals surface area contributed by atoms with Crippen molar-refractivity contribution < 1.29 is 9.47 Å². The molecular weight excluding hydrogens is 256 g/mol. The third-order valence-electron chi connectivity index (χ3n) is 3.19. The van der Waals surface area contributed by atoms with Crippen LogP contribution in [0.25, 0.3) is 5.69 Å². The fraction of sp³-hybridized carbons (Fsp3) is 0.429. The van der Waals surface area contributed by atoms with Crippen molar-refractivity contribution in [3.05, 3.63) is 36.9 Å². The lowest BCUT2D eigenvalue weighted by Gasteiger charge is -2.35. The van der Waals surface area contributed by atoms with E-state index in [0.717, 1.165) is 11.4 Å². The maximum atomic E-state index is 5.63. The number of nitrogens with zero attached hydrogens (tertiary/aromatic N) is 3. The van der Waals surface area contributed by atoms with E-state index in [4.69, 9.17) is 9.47 Å². The first-order valence-electron chi connectivity index (χ1n) is 6.62. The first-order chi connectivity index (χ1) is 9.62. The quantitative estimate of drug-likeness (QED) is 0.925. The molecule has 0 unspecified atom stereocenters. The zero-order valence-electron chi connectivity index (χ0n) is 11.6. The van der Waals surface area contributed by atoms with Crippen LogP contribution in [0.15, 0.2) is 36.9 Å². The monoisotopic (exact) mass is 274 g/mol. The van der Waals surface area contributed by atoms with Gasteiger partial charge in [0.2, 0.25) is 0 Å². The summed E-state index contributed by atoms with van der Waals surface area (Å²) in [6.45, 7) is 5.13. The summed E-state index contributed by atoms with van der Waals surface area (Å²) in [6, 6.07) is 8.17. The highest BCUT2D eigenvalue weighted by atomic mass is 16.7. The lowest BCUT2D eigenvalue weighted by Crippen LogP contribution is -2.45. The molecule has 6 nitrogen and oxygen atoms in total. The van der Waals surface area contributed by atoms with E-state index in [1.807, 2.05) is 38.1 Å². The molecule has 106 valence electrons. The number of hydrogen-bond acceptors (Lipinski definition) is 5. The van der Waals surface area contributed by atoms with E-state index < -0.39 is 5.79 Å². The standard InChI is InChI=1S/C14H18N4O2/c1-14(2)19-7-12(8-20-14)17-11-3-5-13(6-4-11)18-10-15-9-16-18/h3-6,9-10,12,17H,7-8H2,1-2H3. The van der Waals surface area contributed by atoms with Crippen LogP contribution in [-0.4, -0.2) is 39.8 Å². The predicted octanol–water partition coefficient (Wildman–Crippen LogP) is 1.83. The van der Waals surface area contributed by atoms with E-state index in [2.05, 4.69) is 15.4 Å². The van der Waals surface area contributed by atoms with Crippen molar-refractivity contribution in [3.8, 4) is 5.69 Å². The SMILES string of the molecule is CC1(C)OCC(Nc2ccc(-n3cncn3)cc2)CO1. The molecule has 6 heteroatoms. The smallest absolute Gasteiger partial charge is 0.162 e. The van der Waals surface area contributed by atoms with Crippen LogP contribution in [0.3, 0.4) is 0 Å². The van der Waals surface area contributed by atoms with E-state index in [9.17, 15) is 0 Å². The van der Waals surface area contributed by atoms with E-state index in [1.165, 1.54) is 6.33 Å². The zero-order valence-corrected chi connectivity index (χ0v) is 11.6. The summed E-state index contributed by atoms with van der Waals surface area (Å²) in [5.74, 6) is -0.477. The van der Waals surface area contributed by atoms with Crippen LogP contribution in [0, 0.1) is 0 Å². The Kier molecular flexibility index (Phi) is 3.42. The largest absolute Gasteiger partial charge is 0.378 e. The molecule has 1 saturated heterocycles. The topological polar surface area (TPSA) is 61.2 Å². The Balaban J connectivity index is 1.61. The minimum absolute atomic E-state index is 0.167. The molecule has 1 N–H and O–H groups in total. The Morgan fingerprint density at radius 1 is 1.20 bits per heavy atom. The highest BCUT2D eigenvalue weighted by Crippen LogP contribution is 2.20. The van der Waals surface area contributed by atoms with Gasteiger partial charge in [0, 0.05) is 5.69 Å². The van der Waals surface area contributed by atoms with Gasteiger partial charge in [-0.2, -0.15) is 5.10 Å². The molecule has 0 amide bonds. The van der Waals surface area contributed by atoms with Gasteiger partial charge in [0.15, 0.2) is 5.79 Å². The lowest BCUT2D eigenvalue weighted by molar-refractivity contribution is -0.247. The Hall–Kier alpha value is -1.92. The van der Waals surface area contributed by atoms with Gasteiger partial charge in [-0.1, -0.05) is 0 Å². The molecule has 2 heterocycles. The van der Waals surface area contributed by atoms with Gasteiger partial charge in [-0.25, -0.2) is 9.67 Å². The van der Waals surface area contributed by atoms with E-state index in [-0.39, 0.29) is 6.04 Å². The molecule has 0 saturated carbocycles.